The van der Waals surface area contributed by atoms with Crippen LogP contribution in [0.5, 0.6) is 0 Å². The van der Waals surface area contributed by atoms with E-state index in [2.05, 4.69) is 20.9 Å². The highest BCUT2D eigenvalue weighted by molar-refractivity contribution is 9.10. The molecule has 3 aromatic rings. The number of aromatic nitrogens is 2. The number of hydrogen-bond donors (Lipinski definition) is 1. The largest absolute Gasteiger partial charge is 0.392 e. The fraction of sp³-hybridized carbons (Fsp3) is 0.0714. The van der Waals surface area contributed by atoms with E-state index >= 15 is 0 Å². The van der Waals surface area contributed by atoms with Crippen LogP contribution in [0.2, 0.25) is 0 Å². The minimum atomic E-state index is 0.0452. The molecule has 0 radical (unpaired) electrons. The highest BCUT2D eigenvalue weighted by atomic mass is 79.9. The number of halogens is 1. The Kier molecular flexibility index (Phi) is 2.89. The summed E-state index contributed by atoms with van der Waals surface area (Å²) in [6.45, 7) is 0.0452. The molecule has 0 saturated carbocycles. The Hall–Kier alpha value is -1.65. The summed E-state index contributed by atoms with van der Waals surface area (Å²) in [4.78, 5) is 4.37. The lowest BCUT2D eigenvalue weighted by Gasteiger charge is -2.08. The van der Waals surface area contributed by atoms with Gasteiger partial charge in [0.05, 0.1) is 23.3 Å². The number of rotatable bonds is 2. The Labute approximate surface area is 113 Å². The second kappa shape index (κ2) is 4.55. The van der Waals surface area contributed by atoms with Crippen molar-refractivity contribution in [3.8, 4) is 5.69 Å². The second-order valence-electron chi connectivity index (χ2n) is 4.05. The summed E-state index contributed by atoms with van der Waals surface area (Å²) in [5, 5.41) is 9.12. The molecule has 0 spiro atoms. The normalized spacial score (nSPS) is 11.0. The van der Waals surface area contributed by atoms with Gasteiger partial charge in [-0.15, -0.1) is 0 Å². The highest BCUT2D eigenvalue weighted by Crippen LogP contribution is 2.26. The Balaban J connectivity index is 2.20. The number of benzene rings is 2. The lowest BCUT2D eigenvalue weighted by Crippen LogP contribution is -1.94. The monoisotopic (exact) mass is 302 g/mol. The van der Waals surface area contributed by atoms with Gasteiger partial charge in [0.15, 0.2) is 0 Å². The van der Waals surface area contributed by atoms with E-state index in [4.69, 9.17) is 5.11 Å². The average molecular weight is 303 g/mol. The predicted molar refractivity (Wildman–Crippen MR) is 74.7 cm³/mol. The molecule has 0 unspecified atom stereocenters. The van der Waals surface area contributed by atoms with Gasteiger partial charge in [0.25, 0.3) is 0 Å². The average Bonchev–Trinajstić information content (AvgIpc) is 2.82. The van der Waals surface area contributed by atoms with Gasteiger partial charge in [-0.1, -0.05) is 18.2 Å². The van der Waals surface area contributed by atoms with E-state index < -0.39 is 0 Å². The highest BCUT2D eigenvalue weighted by Gasteiger charge is 2.07. The molecule has 0 aliphatic carbocycles. The summed E-state index contributed by atoms with van der Waals surface area (Å²) in [7, 11) is 0. The maximum absolute atomic E-state index is 9.12. The number of nitrogens with zero attached hydrogens (tertiary/aromatic N) is 2. The molecule has 1 N–H and O–H groups in total. The maximum atomic E-state index is 9.12. The quantitative estimate of drug-likeness (QED) is 0.789. The first-order valence-electron chi connectivity index (χ1n) is 5.61. The van der Waals surface area contributed by atoms with Gasteiger partial charge in [-0.2, -0.15) is 0 Å². The third kappa shape index (κ3) is 1.83. The van der Waals surface area contributed by atoms with Crippen molar-refractivity contribution >= 4 is 27.0 Å². The van der Waals surface area contributed by atoms with Gasteiger partial charge in [0.1, 0.15) is 6.33 Å². The van der Waals surface area contributed by atoms with E-state index in [9.17, 15) is 0 Å². The van der Waals surface area contributed by atoms with Gasteiger partial charge in [0, 0.05) is 4.47 Å². The second-order valence-corrected chi connectivity index (χ2v) is 4.90. The molecule has 0 aliphatic rings. The van der Waals surface area contributed by atoms with Crippen molar-refractivity contribution in [1.82, 2.24) is 9.55 Å². The molecule has 3 rings (SSSR count). The summed E-state index contributed by atoms with van der Waals surface area (Å²) in [5.74, 6) is 0. The van der Waals surface area contributed by atoms with Crippen LogP contribution >= 0.6 is 15.9 Å². The van der Waals surface area contributed by atoms with Gasteiger partial charge in [-0.25, -0.2) is 4.98 Å². The maximum Gasteiger partial charge on any atom is 0.100 e. The standard InChI is InChI=1S/C14H11BrN2O/c15-11-7-10(8-18)5-6-13(11)17-9-16-12-3-1-2-4-14(12)17/h1-7,9,18H,8H2. The van der Waals surface area contributed by atoms with Crippen LogP contribution in [0.25, 0.3) is 16.7 Å². The number of hydrogen-bond acceptors (Lipinski definition) is 2. The van der Waals surface area contributed by atoms with E-state index in [1.165, 1.54) is 0 Å². The topological polar surface area (TPSA) is 38.0 Å². The zero-order valence-corrected chi connectivity index (χ0v) is 11.1. The molecule has 0 bridgehead atoms. The van der Waals surface area contributed by atoms with Gasteiger partial charge >= 0.3 is 0 Å². The van der Waals surface area contributed by atoms with Crippen molar-refractivity contribution < 1.29 is 5.11 Å². The Morgan fingerprint density at radius 3 is 2.78 bits per heavy atom. The minimum Gasteiger partial charge on any atom is -0.392 e. The number of aliphatic hydroxyl groups is 1. The van der Waals surface area contributed by atoms with Gasteiger partial charge < -0.3 is 5.11 Å². The zero-order chi connectivity index (χ0) is 12.5. The van der Waals surface area contributed by atoms with Crippen LogP contribution in [0.1, 0.15) is 5.56 Å². The summed E-state index contributed by atoms with van der Waals surface area (Å²) in [5.41, 5.74) is 3.93. The van der Waals surface area contributed by atoms with E-state index in [1.807, 2.05) is 53.4 Å². The van der Waals surface area contributed by atoms with Crippen LogP contribution in [-0.2, 0) is 6.61 Å². The smallest absolute Gasteiger partial charge is 0.100 e. The molecule has 3 nitrogen and oxygen atoms in total. The van der Waals surface area contributed by atoms with Crippen molar-refractivity contribution in [2.24, 2.45) is 0 Å². The van der Waals surface area contributed by atoms with Crippen LogP contribution in [0.15, 0.2) is 53.3 Å². The van der Waals surface area contributed by atoms with E-state index in [0.717, 1.165) is 26.8 Å². The lowest BCUT2D eigenvalue weighted by atomic mass is 10.2. The Morgan fingerprint density at radius 2 is 2.00 bits per heavy atom. The van der Waals surface area contributed by atoms with E-state index in [-0.39, 0.29) is 6.61 Å². The van der Waals surface area contributed by atoms with E-state index in [0.29, 0.717) is 0 Å². The Bertz CT molecular complexity index is 706. The van der Waals surface area contributed by atoms with Crippen LogP contribution in [0.4, 0.5) is 0 Å². The Morgan fingerprint density at radius 1 is 1.17 bits per heavy atom. The molecule has 1 heterocycles. The summed E-state index contributed by atoms with van der Waals surface area (Å²) >= 11 is 3.54. The van der Waals surface area contributed by atoms with Gasteiger partial charge in [-0.05, 0) is 45.8 Å². The van der Waals surface area contributed by atoms with Crippen LogP contribution in [0.3, 0.4) is 0 Å². The molecule has 0 saturated heterocycles. The fourth-order valence-corrected chi connectivity index (χ4v) is 2.61. The fourth-order valence-electron chi connectivity index (χ4n) is 2.00. The third-order valence-corrected chi connectivity index (χ3v) is 3.54. The number of fused-ring (bicyclic) bond motifs is 1. The van der Waals surface area contributed by atoms with Crippen molar-refractivity contribution in [1.29, 1.82) is 0 Å². The van der Waals surface area contributed by atoms with Crippen molar-refractivity contribution in [2.45, 2.75) is 6.61 Å². The van der Waals surface area contributed by atoms with Crippen LogP contribution in [-0.4, -0.2) is 14.7 Å². The SMILES string of the molecule is OCc1ccc(-n2cnc3ccccc32)c(Br)c1. The number of para-hydroxylation sites is 2. The van der Waals surface area contributed by atoms with Crippen LogP contribution < -0.4 is 0 Å². The molecule has 0 aliphatic heterocycles. The molecule has 4 heteroatoms. The van der Waals surface area contributed by atoms with E-state index in [1.54, 1.807) is 0 Å². The molecule has 90 valence electrons. The van der Waals surface area contributed by atoms with Crippen molar-refractivity contribution in [3.05, 3.63) is 58.8 Å². The molecule has 0 fully saturated rings. The molecular weight excluding hydrogens is 292 g/mol. The summed E-state index contributed by atoms with van der Waals surface area (Å²) in [6, 6.07) is 13.8. The van der Waals surface area contributed by atoms with Gasteiger partial charge in [-0.3, -0.25) is 4.57 Å². The third-order valence-electron chi connectivity index (χ3n) is 2.91. The molecule has 0 amide bonds. The molecule has 18 heavy (non-hydrogen) atoms. The molecule has 0 atom stereocenters. The van der Waals surface area contributed by atoms with Crippen molar-refractivity contribution in [3.63, 3.8) is 0 Å². The summed E-state index contributed by atoms with van der Waals surface area (Å²) < 4.78 is 2.97. The molecular formula is C14H11BrN2O. The number of imidazole rings is 1. The zero-order valence-electron chi connectivity index (χ0n) is 9.55. The number of aliphatic hydroxyl groups excluding tert-OH is 1. The first-order valence-corrected chi connectivity index (χ1v) is 6.40. The predicted octanol–water partition coefficient (Wildman–Crippen LogP) is 3.28. The minimum absolute atomic E-state index is 0.0452. The van der Waals surface area contributed by atoms with Crippen LogP contribution in [0, 0.1) is 0 Å². The first kappa shape index (κ1) is 11.4. The molecule has 2 aromatic carbocycles. The lowest BCUT2D eigenvalue weighted by molar-refractivity contribution is 0.282. The van der Waals surface area contributed by atoms with Gasteiger partial charge in [0.2, 0.25) is 0 Å². The first-order chi connectivity index (χ1) is 8.79. The van der Waals surface area contributed by atoms with Crippen molar-refractivity contribution in [2.75, 3.05) is 0 Å². The molecule has 1 aromatic heterocycles. The summed E-state index contributed by atoms with van der Waals surface area (Å²) in [6.07, 6.45) is 1.81.